The van der Waals surface area contributed by atoms with Crippen molar-refractivity contribution in [1.82, 2.24) is 20.2 Å². The van der Waals surface area contributed by atoms with Crippen LogP contribution in [0.3, 0.4) is 0 Å². The minimum atomic E-state index is -0.670. The van der Waals surface area contributed by atoms with Crippen molar-refractivity contribution in [1.29, 1.82) is 0 Å². The van der Waals surface area contributed by atoms with Gasteiger partial charge >= 0.3 is 5.97 Å². The minimum Gasteiger partial charge on any atom is -0.448 e. The number of thiophene rings is 1. The van der Waals surface area contributed by atoms with Gasteiger partial charge < -0.3 is 9.15 Å². The van der Waals surface area contributed by atoms with Crippen molar-refractivity contribution < 1.29 is 13.9 Å². The molecule has 0 unspecified atom stereocenters. The third-order valence-corrected chi connectivity index (χ3v) is 3.65. The Balaban J connectivity index is 1.70. The second-order valence-corrected chi connectivity index (χ2v) is 5.46. The lowest BCUT2D eigenvalue weighted by molar-refractivity contribution is 0.0272. The summed E-state index contributed by atoms with van der Waals surface area (Å²) in [6.45, 7) is 3.44. The summed E-state index contributed by atoms with van der Waals surface area (Å²) in [5, 5.41) is 9.77. The minimum absolute atomic E-state index is 0.135. The van der Waals surface area contributed by atoms with Gasteiger partial charge in [-0.25, -0.2) is 9.78 Å². The van der Waals surface area contributed by atoms with Gasteiger partial charge in [0.15, 0.2) is 11.8 Å². The molecule has 8 heteroatoms. The van der Waals surface area contributed by atoms with Crippen LogP contribution in [0.15, 0.2) is 34.3 Å². The van der Waals surface area contributed by atoms with Gasteiger partial charge in [0.1, 0.15) is 0 Å². The van der Waals surface area contributed by atoms with E-state index in [1.807, 2.05) is 17.5 Å². The smallest absolute Gasteiger partial charge is 0.359 e. The molecule has 3 rings (SSSR count). The third-order valence-electron chi connectivity index (χ3n) is 2.79. The predicted molar refractivity (Wildman–Crippen MR) is 78.2 cm³/mol. The highest BCUT2D eigenvalue weighted by Gasteiger charge is 2.21. The van der Waals surface area contributed by atoms with Crippen LogP contribution in [-0.2, 0) is 4.74 Å². The molecule has 0 bridgehead atoms. The molecule has 22 heavy (non-hydrogen) atoms. The molecule has 0 aromatic carbocycles. The Morgan fingerprint density at radius 3 is 2.86 bits per heavy atom. The quantitative estimate of drug-likeness (QED) is 0.683. The Morgan fingerprint density at radius 1 is 1.32 bits per heavy atom. The van der Waals surface area contributed by atoms with E-state index in [4.69, 9.17) is 9.15 Å². The van der Waals surface area contributed by atoms with Crippen LogP contribution in [0.4, 0.5) is 0 Å². The molecule has 0 aliphatic carbocycles. The number of hydrogen-bond donors (Lipinski definition) is 0. The lowest BCUT2D eigenvalue weighted by Gasteiger charge is -2.08. The van der Waals surface area contributed by atoms with Crippen LogP contribution in [0.1, 0.15) is 35.1 Å². The SMILES string of the molecule is Cc1cnc(C(=O)O[C@@H](C)c2nnc(-c3cccs3)o2)cn1. The van der Waals surface area contributed by atoms with Crippen LogP contribution in [0.25, 0.3) is 10.8 Å². The highest BCUT2D eigenvalue weighted by molar-refractivity contribution is 7.13. The summed E-state index contributed by atoms with van der Waals surface area (Å²) < 4.78 is 10.8. The number of aryl methyl sites for hydroxylation is 1. The predicted octanol–water partition coefficient (Wildman–Crippen LogP) is 2.81. The Bertz CT molecular complexity index is 768. The molecular weight excluding hydrogens is 304 g/mol. The van der Waals surface area contributed by atoms with E-state index in [1.165, 1.54) is 23.7 Å². The number of carbonyl (C=O) groups excluding carboxylic acids is 1. The van der Waals surface area contributed by atoms with Crippen molar-refractivity contribution in [3.8, 4) is 10.8 Å². The number of rotatable bonds is 4. The van der Waals surface area contributed by atoms with Crippen LogP contribution in [0.2, 0.25) is 0 Å². The molecule has 0 fully saturated rings. The number of nitrogens with zero attached hydrogens (tertiary/aromatic N) is 4. The first kappa shape index (κ1) is 14.3. The fourth-order valence-electron chi connectivity index (χ4n) is 1.67. The number of carbonyl (C=O) groups is 1. The molecule has 0 saturated carbocycles. The average molecular weight is 316 g/mol. The van der Waals surface area contributed by atoms with E-state index in [0.29, 0.717) is 5.89 Å². The van der Waals surface area contributed by atoms with Crippen molar-refractivity contribution in [2.45, 2.75) is 20.0 Å². The van der Waals surface area contributed by atoms with Gasteiger partial charge in [-0.05, 0) is 25.3 Å². The van der Waals surface area contributed by atoms with Crippen molar-refractivity contribution in [2.75, 3.05) is 0 Å². The zero-order chi connectivity index (χ0) is 15.5. The summed E-state index contributed by atoms with van der Waals surface area (Å²) in [4.78, 5) is 20.8. The molecule has 0 spiro atoms. The number of ether oxygens (including phenoxy) is 1. The van der Waals surface area contributed by atoms with Crippen LogP contribution in [0, 0.1) is 6.92 Å². The van der Waals surface area contributed by atoms with Crippen LogP contribution < -0.4 is 0 Å². The molecule has 7 nitrogen and oxygen atoms in total. The van der Waals surface area contributed by atoms with Gasteiger partial charge in [-0.15, -0.1) is 21.5 Å². The Labute approximate surface area is 130 Å². The van der Waals surface area contributed by atoms with Gasteiger partial charge in [0.2, 0.25) is 0 Å². The van der Waals surface area contributed by atoms with Crippen molar-refractivity contribution >= 4 is 17.3 Å². The van der Waals surface area contributed by atoms with Gasteiger partial charge in [0.05, 0.1) is 16.8 Å². The third kappa shape index (κ3) is 3.01. The molecule has 0 saturated heterocycles. The normalized spacial score (nSPS) is 12.1. The highest BCUT2D eigenvalue weighted by Crippen LogP contribution is 2.26. The maximum atomic E-state index is 12.0. The molecule has 3 aromatic rings. The first-order valence-corrected chi connectivity index (χ1v) is 7.38. The van der Waals surface area contributed by atoms with Gasteiger partial charge in [-0.3, -0.25) is 4.98 Å². The molecule has 0 aliphatic rings. The summed E-state index contributed by atoms with van der Waals surface area (Å²) in [5.41, 5.74) is 0.859. The summed E-state index contributed by atoms with van der Waals surface area (Å²) in [7, 11) is 0. The first-order valence-electron chi connectivity index (χ1n) is 6.50. The van der Waals surface area contributed by atoms with Crippen LogP contribution >= 0.6 is 11.3 Å². The van der Waals surface area contributed by atoms with Gasteiger partial charge in [-0.1, -0.05) is 6.07 Å². The van der Waals surface area contributed by atoms with E-state index in [0.717, 1.165) is 10.6 Å². The highest BCUT2D eigenvalue weighted by atomic mass is 32.1. The van der Waals surface area contributed by atoms with E-state index >= 15 is 0 Å². The van der Waals surface area contributed by atoms with E-state index in [1.54, 1.807) is 13.8 Å². The lowest BCUT2D eigenvalue weighted by atomic mass is 10.4. The molecular formula is C14H12N4O3S. The van der Waals surface area contributed by atoms with E-state index in [9.17, 15) is 4.79 Å². The maximum Gasteiger partial charge on any atom is 0.359 e. The zero-order valence-corrected chi connectivity index (χ0v) is 12.7. The van der Waals surface area contributed by atoms with Crippen LogP contribution in [-0.4, -0.2) is 26.1 Å². The Hall–Kier alpha value is -2.61. The second-order valence-electron chi connectivity index (χ2n) is 4.51. The molecule has 0 aliphatic heterocycles. The Kier molecular flexibility index (Phi) is 3.92. The van der Waals surface area contributed by atoms with E-state index in [2.05, 4.69) is 20.2 Å². The largest absolute Gasteiger partial charge is 0.448 e. The number of hydrogen-bond acceptors (Lipinski definition) is 8. The molecule has 1 atom stereocenters. The van der Waals surface area contributed by atoms with Crippen LogP contribution in [0.5, 0.6) is 0 Å². The molecule has 0 radical (unpaired) electrons. The number of esters is 1. The molecule has 0 N–H and O–H groups in total. The van der Waals surface area contributed by atoms with Gasteiger partial charge in [-0.2, -0.15) is 0 Å². The lowest BCUT2D eigenvalue weighted by Crippen LogP contribution is -2.11. The van der Waals surface area contributed by atoms with Crippen molar-refractivity contribution in [3.05, 3.63) is 47.2 Å². The summed E-state index contributed by atoms with van der Waals surface area (Å²) in [6, 6.07) is 3.77. The zero-order valence-electron chi connectivity index (χ0n) is 11.9. The fourth-order valence-corrected chi connectivity index (χ4v) is 2.31. The second kappa shape index (κ2) is 6.02. The fraction of sp³-hybridized carbons (Fsp3) is 0.214. The number of aromatic nitrogens is 4. The standard InChI is InChI=1S/C14H12N4O3S/c1-8-6-16-10(7-15-8)14(19)20-9(2)12-17-18-13(21-12)11-4-3-5-22-11/h3-7,9H,1-2H3/t9-/m0/s1. The van der Waals surface area contributed by atoms with Crippen molar-refractivity contribution in [2.24, 2.45) is 0 Å². The summed E-state index contributed by atoms with van der Waals surface area (Å²) in [5.74, 6) is 0.0516. The summed E-state index contributed by atoms with van der Waals surface area (Å²) >= 11 is 1.49. The Morgan fingerprint density at radius 2 is 2.18 bits per heavy atom. The van der Waals surface area contributed by atoms with E-state index in [-0.39, 0.29) is 11.6 Å². The van der Waals surface area contributed by atoms with Gasteiger partial charge in [0.25, 0.3) is 11.8 Å². The average Bonchev–Trinajstić information content (AvgIpc) is 3.19. The van der Waals surface area contributed by atoms with E-state index < -0.39 is 12.1 Å². The van der Waals surface area contributed by atoms with Crippen molar-refractivity contribution in [3.63, 3.8) is 0 Å². The summed E-state index contributed by atoms with van der Waals surface area (Å²) in [6.07, 6.45) is 2.20. The monoisotopic (exact) mass is 316 g/mol. The topological polar surface area (TPSA) is 91.0 Å². The molecule has 3 aromatic heterocycles. The molecule has 0 amide bonds. The first-order chi connectivity index (χ1) is 10.6. The molecule has 3 heterocycles. The van der Waals surface area contributed by atoms with Gasteiger partial charge in [0, 0.05) is 6.20 Å². The molecule has 112 valence electrons. The maximum absolute atomic E-state index is 12.0.